The van der Waals surface area contributed by atoms with Gasteiger partial charge >= 0.3 is 0 Å². The van der Waals surface area contributed by atoms with E-state index in [1.54, 1.807) is 12.1 Å². The number of halogens is 1. The summed E-state index contributed by atoms with van der Waals surface area (Å²) in [6.45, 7) is 3.81. The number of carbonyl (C=O) groups excluding carboxylic acids is 1. The second kappa shape index (κ2) is 7.61. The zero-order chi connectivity index (χ0) is 21.4. The van der Waals surface area contributed by atoms with Crippen LogP contribution in [0.5, 0.6) is 0 Å². The fourth-order valence-corrected chi connectivity index (χ4v) is 3.35. The van der Waals surface area contributed by atoms with Gasteiger partial charge in [-0.25, -0.2) is 4.98 Å². The van der Waals surface area contributed by atoms with Crippen LogP contribution in [0.3, 0.4) is 0 Å². The lowest BCUT2D eigenvalue weighted by atomic mass is 10.1. The van der Waals surface area contributed by atoms with Crippen molar-refractivity contribution in [3.63, 3.8) is 0 Å². The summed E-state index contributed by atoms with van der Waals surface area (Å²) in [7, 11) is 0. The third-order valence-electron chi connectivity index (χ3n) is 4.76. The van der Waals surface area contributed by atoms with E-state index in [0.29, 0.717) is 17.2 Å². The zero-order valence-corrected chi connectivity index (χ0v) is 16.9. The number of carbonyl (C=O) groups is 1. The Kier molecular flexibility index (Phi) is 4.97. The molecule has 0 bridgehead atoms. The quantitative estimate of drug-likeness (QED) is 0.325. The third kappa shape index (κ3) is 3.62. The number of nitro benzene ring substituents is 1. The minimum Gasteiger partial charge on any atom is -0.436 e. The van der Waals surface area contributed by atoms with Gasteiger partial charge < -0.3 is 9.73 Å². The van der Waals surface area contributed by atoms with Crippen molar-refractivity contribution in [3.05, 3.63) is 86.4 Å². The van der Waals surface area contributed by atoms with E-state index in [0.717, 1.165) is 28.3 Å². The minimum atomic E-state index is -0.575. The Bertz CT molecular complexity index is 1310. The minimum absolute atomic E-state index is 0.0213. The van der Waals surface area contributed by atoms with Gasteiger partial charge in [-0.05, 0) is 55.3 Å². The summed E-state index contributed by atoms with van der Waals surface area (Å²) in [5.41, 5.74) is 4.31. The third-order valence-corrected chi connectivity index (χ3v) is 5.09. The first-order valence-corrected chi connectivity index (χ1v) is 9.44. The Morgan fingerprint density at radius 2 is 1.93 bits per heavy atom. The normalized spacial score (nSPS) is 10.9. The summed E-state index contributed by atoms with van der Waals surface area (Å²) in [6.07, 6.45) is 0. The van der Waals surface area contributed by atoms with Gasteiger partial charge in [0.05, 0.1) is 15.5 Å². The molecule has 0 unspecified atom stereocenters. The Morgan fingerprint density at radius 1 is 1.13 bits per heavy atom. The van der Waals surface area contributed by atoms with Crippen LogP contribution in [0.15, 0.2) is 59.0 Å². The van der Waals surface area contributed by atoms with Crippen molar-refractivity contribution in [1.29, 1.82) is 0 Å². The van der Waals surface area contributed by atoms with E-state index in [9.17, 15) is 14.9 Å². The van der Waals surface area contributed by atoms with Crippen LogP contribution < -0.4 is 5.32 Å². The van der Waals surface area contributed by atoms with Gasteiger partial charge in [-0.3, -0.25) is 14.9 Å². The summed E-state index contributed by atoms with van der Waals surface area (Å²) in [6, 6.07) is 14.8. The van der Waals surface area contributed by atoms with E-state index < -0.39 is 10.8 Å². The predicted molar refractivity (Wildman–Crippen MR) is 115 cm³/mol. The lowest BCUT2D eigenvalue weighted by Gasteiger charge is -2.11. The maximum atomic E-state index is 12.7. The van der Waals surface area contributed by atoms with E-state index in [1.165, 1.54) is 12.1 Å². The SMILES string of the molecule is Cc1ccc2oc(-c3cccc(NC(=O)c4cc([N+](=O)[O-])ccc4Cl)c3C)nc2c1. The number of oxazole rings is 1. The van der Waals surface area contributed by atoms with E-state index >= 15 is 0 Å². The molecule has 0 aliphatic heterocycles. The molecule has 8 heteroatoms. The number of fused-ring (bicyclic) bond motifs is 1. The summed E-state index contributed by atoms with van der Waals surface area (Å²) in [5.74, 6) is -0.102. The number of hydrogen-bond donors (Lipinski definition) is 1. The largest absolute Gasteiger partial charge is 0.436 e. The number of non-ortho nitro benzene ring substituents is 1. The molecule has 0 radical (unpaired) electrons. The molecule has 1 N–H and O–H groups in total. The molecular weight excluding hydrogens is 406 g/mol. The molecule has 0 atom stereocenters. The molecule has 3 aromatic carbocycles. The van der Waals surface area contributed by atoms with Gasteiger partial charge in [0.1, 0.15) is 5.52 Å². The van der Waals surface area contributed by atoms with Gasteiger partial charge in [0.2, 0.25) is 5.89 Å². The first-order chi connectivity index (χ1) is 14.3. The zero-order valence-electron chi connectivity index (χ0n) is 16.1. The van der Waals surface area contributed by atoms with Crippen LogP contribution in [0, 0.1) is 24.0 Å². The average molecular weight is 422 g/mol. The van der Waals surface area contributed by atoms with Gasteiger partial charge in [0.15, 0.2) is 5.58 Å². The molecule has 0 aliphatic rings. The standard InChI is InChI=1S/C22H16ClN3O4/c1-12-6-9-20-19(10-12)25-22(30-20)15-4-3-5-18(13(15)2)24-21(27)16-11-14(26(28)29)7-8-17(16)23/h3-11H,1-2H3,(H,24,27). The predicted octanol–water partition coefficient (Wildman–Crippen LogP) is 5.93. The van der Waals surface area contributed by atoms with Crippen molar-refractivity contribution in [2.75, 3.05) is 5.32 Å². The molecule has 0 saturated carbocycles. The monoisotopic (exact) mass is 421 g/mol. The Labute approximate surface area is 176 Å². The number of benzene rings is 3. The molecule has 0 aliphatic carbocycles. The number of nitro groups is 1. The first-order valence-electron chi connectivity index (χ1n) is 9.06. The molecule has 1 heterocycles. The molecule has 4 rings (SSSR count). The Hall–Kier alpha value is -3.71. The van der Waals surface area contributed by atoms with Crippen LogP contribution in [0.2, 0.25) is 5.02 Å². The maximum absolute atomic E-state index is 12.7. The number of hydrogen-bond acceptors (Lipinski definition) is 5. The van der Waals surface area contributed by atoms with Crippen molar-refractivity contribution in [3.8, 4) is 11.5 Å². The fraction of sp³-hybridized carbons (Fsp3) is 0.0909. The molecule has 1 amide bonds. The molecule has 0 saturated heterocycles. The molecule has 4 aromatic rings. The molecule has 0 fully saturated rings. The van der Waals surface area contributed by atoms with Crippen LogP contribution in [-0.4, -0.2) is 15.8 Å². The van der Waals surface area contributed by atoms with Crippen molar-refractivity contribution in [2.45, 2.75) is 13.8 Å². The van der Waals surface area contributed by atoms with Crippen LogP contribution in [-0.2, 0) is 0 Å². The smallest absolute Gasteiger partial charge is 0.270 e. The number of rotatable bonds is 4. The highest BCUT2D eigenvalue weighted by Gasteiger charge is 2.18. The Balaban J connectivity index is 1.69. The summed E-state index contributed by atoms with van der Waals surface area (Å²) in [4.78, 5) is 27.7. The highest BCUT2D eigenvalue weighted by atomic mass is 35.5. The number of aryl methyl sites for hydroxylation is 1. The van der Waals surface area contributed by atoms with Crippen LogP contribution >= 0.6 is 11.6 Å². The fourth-order valence-electron chi connectivity index (χ4n) is 3.15. The maximum Gasteiger partial charge on any atom is 0.270 e. The Morgan fingerprint density at radius 3 is 2.70 bits per heavy atom. The summed E-state index contributed by atoms with van der Waals surface area (Å²) >= 11 is 6.08. The van der Waals surface area contributed by atoms with Crippen molar-refractivity contribution in [2.24, 2.45) is 0 Å². The lowest BCUT2D eigenvalue weighted by Crippen LogP contribution is -2.14. The second-order valence-electron chi connectivity index (χ2n) is 6.84. The highest BCUT2D eigenvalue weighted by molar-refractivity contribution is 6.34. The van der Waals surface area contributed by atoms with Crippen LogP contribution in [0.25, 0.3) is 22.6 Å². The van der Waals surface area contributed by atoms with E-state index in [-0.39, 0.29) is 16.3 Å². The molecular formula is C22H16ClN3O4. The molecule has 0 spiro atoms. The van der Waals surface area contributed by atoms with E-state index in [1.807, 2.05) is 38.1 Å². The average Bonchev–Trinajstić information content (AvgIpc) is 3.12. The summed E-state index contributed by atoms with van der Waals surface area (Å²) in [5, 5.41) is 13.9. The van der Waals surface area contributed by atoms with Crippen LogP contribution in [0.4, 0.5) is 11.4 Å². The molecule has 150 valence electrons. The van der Waals surface area contributed by atoms with Gasteiger partial charge in [0.25, 0.3) is 11.6 Å². The topological polar surface area (TPSA) is 98.3 Å². The van der Waals surface area contributed by atoms with Crippen LogP contribution in [0.1, 0.15) is 21.5 Å². The van der Waals surface area contributed by atoms with Gasteiger partial charge in [-0.2, -0.15) is 0 Å². The van der Waals surface area contributed by atoms with Crippen molar-refractivity contribution >= 4 is 40.0 Å². The highest BCUT2D eigenvalue weighted by Crippen LogP contribution is 2.31. The number of amides is 1. The van der Waals surface area contributed by atoms with Gasteiger partial charge in [0, 0.05) is 23.4 Å². The van der Waals surface area contributed by atoms with Gasteiger partial charge in [-0.15, -0.1) is 0 Å². The first kappa shape index (κ1) is 19.6. The van der Waals surface area contributed by atoms with Crippen molar-refractivity contribution < 1.29 is 14.1 Å². The number of anilines is 1. The molecule has 1 aromatic heterocycles. The van der Waals surface area contributed by atoms with Crippen molar-refractivity contribution in [1.82, 2.24) is 4.98 Å². The second-order valence-corrected chi connectivity index (χ2v) is 7.25. The number of nitrogens with zero attached hydrogens (tertiary/aromatic N) is 2. The van der Waals surface area contributed by atoms with Gasteiger partial charge in [-0.1, -0.05) is 23.7 Å². The van der Waals surface area contributed by atoms with E-state index in [4.69, 9.17) is 16.0 Å². The number of nitrogens with one attached hydrogen (secondary N) is 1. The van der Waals surface area contributed by atoms with E-state index in [2.05, 4.69) is 10.3 Å². The lowest BCUT2D eigenvalue weighted by molar-refractivity contribution is -0.384. The molecule has 30 heavy (non-hydrogen) atoms. The molecule has 7 nitrogen and oxygen atoms in total. The summed E-state index contributed by atoms with van der Waals surface area (Å²) < 4.78 is 5.88. The number of aromatic nitrogens is 1.